The van der Waals surface area contributed by atoms with Gasteiger partial charge in [0, 0.05) is 12.5 Å². The van der Waals surface area contributed by atoms with Crippen molar-refractivity contribution in [2.45, 2.75) is 55.6 Å². The summed E-state index contributed by atoms with van der Waals surface area (Å²) in [7, 11) is -8.70. The van der Waals surface area contributed by atoms with Gasteiger partial charge in [-0.1, -0.05) is 0 Å². The zero-order chi connectivity index (χ0) is 33.7. The smallest absolute Gasteiger partial charge is 0.390 e. The lowest BCUT2D eigenvalue weighted by molar-refractivity contribution is -0.103. The van der Waals surface area contributed by atoms with Gasteiger partial charge in [0.05, 0.1) is 38.0 Å². The van der Waals surface area contributed by atoms with Crippen molar-refractivity contribution in [3.63, 3.8) is 0 Å². The Balaban J connectivity index is 1.18. The largest absolute Gasteiger partial charge is 0.472 e. The quantitative estimate of drug-likeness (QED) is 0.144. The van der Waals surface area contributed by atoms with Crippen LogP contribution >= 0.6 is 15.6 Å². The van der Waals surface area contributed by atoms with Crippen LogP contribution in [0.25, 0.3) is 22.3 Å². The van der Waals surface area contributed by atoms with Crippen LogP contribution in [0.3, 0.4) is 0 Å². The Labute approximate surface area is 268 Å². The Kier molecular flexibility index (Phi) is 7.33. The highest BCUT2D eigenvalue weighted by Gasteiger charge is 2.68. The second kappa shape index (κ2) is 11.1. The van der Waals surface area contributed by atoms with Crippen molar-refractivity contribution in [2.24, 2.45) is 11.3 Å². The number of nitrogens with zero attached hydrogens (tertiary/aromatic N) is 7. The van der Waals surface area contributed by atoms with Gasteiger partial charge >= 0.3 is 15.6 Å². The second-order valence-corrected chi connectivity index (χ2v) is 14.9. The van der Waals surface area contributed by atoms with Crippen LogP contribution in [0.1, 0.15) is 25.1 Å². The maximum atomic E-state index is 13.7. The fourth-order valence-electron chi connectivity index (χ4n) is 7.46. The maximum absolute atomic E-state index is 13.7. The van der Waals surface area contributed by atoms with E-state index < -0.39 is 88.5 Å². The first-order valence-electron chi connectivity index (χ1n) is 14.7. The third-order valence-corrected chi connectivity index (χ3v) is 11.7. The average Bonchev–Trinajstić information content (AvgIpc) is 3.74. The van der Waals surface area contributed by atoms with Crippen molar-refractivity contribution < 1.29 is 51.6 Å². The van der Waals surface area contributed by atoms with Crippen molar-refractivity contribution in [1.29, 1.82) is 0 Å². The molecule has 0 radical (unpaired) electrons. The summed E-state index contributed by atoms with van der Waals surface area (Å²) >= 11 is 0. The van der Waals surface area contributed by atoms with Gasteiger partial charge in [-0.15, -0.1) is 0 Å². The number of nitrogen functional groups attached to an aromatic ring is 2. The Hall–Kier alpha value is -3.40. The van der Waals surface area contributed by atoms with Crippen LogP contribution in [-0.2, 0) is 36.7 Å². The molecule has 4 aliphatic rings. The molecule has 2 aliphatic carbocycles. The lowest BCUT2D eigenvalue weighted by atomic mass is 9.60. The first-order valence-corrected chi connectivity index (χ1v) is 17.6. The van der Waals surface area contributed by atoms with Crippen LogP contribution in [0.4, 0.5) is 11.8 Å². The van der Waals surface area contributed by atoms with E-state index in [9.17, 15) is 28.8 Å². The van der Waals surface area contributed by atoms with Crippen LogP contribution in [-0.4, -0.2) is 105 Å². The van der Waals surface area contributed by atoms with Gasteiger partial charge in [0.15, 0.2) is 28.9 Å². The molecule has 2 saturated heterocycles. The molecule has 0 aromatic carbocycles. The monoisotopic (exact) mass is 712 g/mol. The molecule has 4 fully saturated rings. The third-order valence-electron chi connectivity index (χ3n) is 9.71. The summed E-state index contributed by atoms with van der Waals surface area (Å²) in [4.78, 5) is 57.5. The number of ether oxygens (including phenoxy) is 2. The number of aromatic nitrogens is 8. The minimum atomic E-state index is -4.98. The van der Waals surface area contributed by atoms with Gasteiger partial charge in [0.2, 0.25) is 5.95 Å². The van der Waals surface area contributed by atoms with Crippen LogP contribution in [0.15, 0.2) is 23.8 Å². The molecule has 8 rings (SSSR count). The number of phosphoric acid groups is 2. The van der Waals surface area contributed by atoms with Crippen LogP contribution in [0.2, 0.25) is 0 Å². The van der Waals surface area contributed by atoms with E-state index in [-0.39, 0.29) is 34.1 Å². The van der Waals surface area contributed by atoms with Crippen molar-refractivity contribution >= 4 is 49.7 Å². The van der Waals surface area contributed by atoms with Gasteiger partial charge in [-0.2, -0.15) is 4.98 Å². The van der Waals surface area contributed by atoms with Gasteiger partial charge in [-0.25, -0.2) is 29.1 Å². The molecule has 11 atom stereocenters. The summed E-state index contributed by atoms with van der Waals surface area (Å²) in [6.07, 6.45) is -3.50. The standard InChI is InChI=1S/C24H30N10O12P2/c1-41-14-10-4-42-47(37,38)45-15-13(33-7-29-11-18(25)27-6-28-19(11)33)9-2-3-24(9,17(15)35)5-43-48(39,40)46-16(14)22(44-10)34-8-30-12-20(34)31-23(26)32-21(12)36/h6-10,13-17,22,35H,2-5H2,1H3,(H,37,38)(H,39,40)(H2,25,27,28)(H3,26,31,32,36)/t9-,10-,13-,14-,15+,16-,17+,22-,24+/m1/s1. The van der Waals surface area contributed by atoms with Crippen molar-refractivity contribution in [3.05, 3.63) is 29.3 Å². The summed E-state index contributed by atoms with van der Waals surface area (Å²) in [5, 5.41) is 11.7. The molecule has 4 bridgehead atoms. The van der Waals surface area contributed by atoms with E-state index in [2.05, 4.69) is 29.9 Å². The van der Waals surface area contributed by atoms with E-state index in [1.54, 1.807) is 4.57 Å². The van der Waals surface area contributed by atoms with Crippen LogP contribution in [0.5, 0.6) is 0 Å². The molecule has 2 unspecified atom stereocenters. The molecule has 2 aliphatic heterocycles. The predicted molar refractivity (Wildman–Crippen MR) is 159 cm³/mol. The van der Waals surface area contributed by atoms with Gasteiger partial charge in [0.25, 0.3) is 5.56 Å². The normalized spacial score (nSPS) is 40.1. The molecule has 4 aromatic heterocycles. The Morgan fingerprint density at radius 2 is 1.75 bits per heavy atom. The van der Waals surface area contributed by atoms with Gasteiger partial charge in [-0.05, 0) is 18.8 Å². The van der Waals surface area contributed by atoms with E-state index in [4.69, 9.17) is 39.0 Å². The topological polar surface area (TPSA) is 309 Å². The number of aliphatic hydroxyl groups is 1. The summed E-state index contributed by atoms with van der Waals surface area (Å²) < 4.78 is 64.1. The lowest BCUT2D eigenvalue weighted by Crippen LogP contribution is -2.49. The number of hydrogen-bond acceptors (Lipinski definition) is 17. The summed E-state index contributed by atoms with van der Waals surface area (Å²) in [5.74, 6) is -0.647. The van der Waals surface area contributed by atoms with Crippen molar-refractivity contribution in [3.8, 4) is 0 Å². The molecular formula is C24H30N10O12P2. The zero-order valence-electron chi connectivity index (χ0n) is 24.9. The number of nitrogens with two attached hydrogens (primary N) is 2. The molecule has 0 amide bonds. The molecule has 24 heteroatoms. The molecular weight excluding hydrogens is 682 g/mol. The number of anilines is 2. The molecule has 2 saturated carbocycles. The SMILES string of the molecule is CO[C@H]1[C@H]2OP(=O)(O)OC[C@@]34CC[C@@H]3[C@@H](n3cnc5c(N)ncnc53)[C@H](OP(=O)(O)OC[C@H]1O[C@H]2n1cnc2c(=O)[nH]c(N)nc21)[C@@H]4O. The Bertz CT molecular complexity index is 2080. The number of nitrogens with one attached hydrogen (secondary N) is 1. The first kappa shape index (κ1) is 31.8. The lowest BCUT2D eigenvalue weighted by Gasteiger charge is -2.47. The van der Waals surface area contributed by atoms with Crippen molar-refractivity contribution in [2.75, 3.05) is 31.8 Å². The minimum absolute atomic E-state index is 0.0456. The molecule has 22 nitrogen and oxygen atoms in total. The Morgan fingerprint density at radius 3 is 2.50 bits per heavy atom. The summed E-state index contributed by atoms with van der Waals surface area (Å²) in [5.41, 5.74) is 10.2. The fraction of sp³-hybridized carbons (Fsp3) is 0.583. The van der Waals surface area contributed by atoms with E-state index in [0.717, 1.165) is 0 Å². The predicted octanol–water partition coefficient (Wildman–Crippen LogP) is -0.634. The van der Waals surface area contributed by atoms with Gasteiger partial charge in [0.1, 0.15) is 36.3 Å². The number of imidazole rings is 2. The highest BCUT2D eigenvalue weighted by atomic mass is 31.2. The molecule has 8 N–H and O–H groups in total. The maximum Gasteiger partial charge on any atom is 0.472 e. The third kappa shape index (κ3) is 4.83. The number of rotatable bonds is 3. The number of H-pyrrole nitrogens is 1. The van der Waals surface area contributed by atoms with Crippen LogP contribution < -0.4 is 17.0 Å². The molecule has 258 valence electrons. The highest BCUT2D eigenvalue weighted by molar-refractivity contribution is 7.47. The number of methoxy groups -OCH3 is 1. The first-order chi connectivity index (χ1) is 22.8. The number of fused-ring (bicyclic) bond motifs is 5. The summed E-state index contributed by atoms with van der Waals surface area (Å²) in [6, 6.07) is -0.855. The molecule has 48 heavy (non-hydrogen) atoms. The van der Waals surface area contributed by atoms with E-state index >= 15 is 0 Å². The molecule has 6 heterocycles. The minimum Gasteiger partial charge on any atom is -0.390 e. The van der Waals surface area contributed by atoms with E-state index in [1.807, 2.05) is 0 Å². The molecule has 1 spiro atoms. The van der Waals surface area contributed by atoms with E-state index in [0.29, 0.717) is 12.8 Å². The zero-order valence-corrected chi connectivity index (χ0v) is 26.7. The summed E-state index contributed by atoms with van der Waals surface area (Å²) in [6.45, 7) is -1.16. The number of aromatic amines is 1. The van der Waals surface area contributed by atoms with Crippen molar-refractivity contribution in [1.82, 2.24) is 39.0 Å². The van der Waals surface area contributed by atoms with E-state index in [1.165, 1.54) is 30.7 Å². The fourth-order valence-corrected chi connectivity index (χ4v) is 9.40. The number of phosphoric ester groups is 2. The highest BCUT2D eigenvalue weighted by Crippen LogP contribution is 2.66. The molecule has 4 aromatic rings. The van der Waals surface area contributed by atoms with Gasteiger partial charge in [-0.3, -0.25) is 32.4 Å². The number of hydrogen-bond donors (Lipinski definition) is 6. The Morgan fingerprint density at radius 1 is 1.02 bits per heavy atom. The average molecular weight is 713 g/mol. The van der Waals surface area contributed by atoms with Gasteiger partial charge < -0.3 is 40.4 Å². The second-order valence-electron chi connectivity index (χ2n) is 12.1. The van der Waals surface area contributed by atoms with Crippen LogP contribution in [0, 0.1) is 11.3 Å². The number of aliphatic hydroxyl groups excluding tert-OH is 1.